The van der Waals surface area contributed by atoms with Crippen molar-refractivity contribution in [1.29, 1.82) is 0 Å². The van der Waals surface area contributed by atoms with Crippen LogP contribution in [0.5, 0.6) is 0 Å². The van der Waals surface area contributed by atoms with Gasteiger partial charge in [0.25, 0.3) is 0 Å². The maximum absolute atomic E-state index is 11.1. The first-order valence-electron chi connectivity index (χ1n) is 3.61. The Labute approximate surface area is 58.7 Å². The molecule has 2 bridgehead atoms. The third kappa shape index (κ3) is 0.545. The van der Waals surface area contributed by atoms with Crippen LogP contribution in [0.15, 0.2) is 0 Å². The molecule has 2 unspecified atom stereocenters. The van der Waals surface area contributed by atoms with E-state index >= 15 is 0 Å². The van der Waals surface area contributed by atoms with Crippen LogP contribution in [0.4, 0.5) is 0 Å². The molecule has 0 aromatic rings. The Morgan fingerprint density at radius 3 is 1.70 bits per heavy atom. The lowest BCUT2D eigenvalue weighted by atomic mass is 9.95. The predicted molar refractivity (Wildman–Crippen MR) is 33.2 cm³/mol. The molecular weight excluding hydrogens is 132 g/mol. The topological polar surface area (TPSA) is 57.5 Å². The van der Waals surface area contributed by atoms with Crippen molar-refractivity contribution in [2.75, 3.05) is 0 Å². The lowest BCUT2D eigenvalue weighted by molar-refractivity contribution is -0.122. The molecular formula is C7H10O3. The molecule has 56 valence electrons. The molecule has 3 heteroatoms. The molecule has 2 saturated carbocycles. The lowest BCUT2D eigenvalue weighted by Gasteiger charge is -2.19. The van der Waals surface area contributed by atoms with Crippen LogP contribution in [0.1, 0.15) is 12.8 Å². The monoisotopic (exact) mass is 142 g/mol. The van der Waals surface area contributed by atoms with Crippen molar-refractivity contribution >= 4 is 5.78 Å². The Hall–Kier alpha value is -0.410. The van der Waals surface area contributed by atoms with Crippen molar-refractivity contribution < 1.29 is 15.0 Å². The molecule has 2 N–H and O–H groups in total. The molecule has 0 aliphatic heterocycles. The van der Waals surface area contributed by atoms with Gasteiger partial charge in [-0.15, -0.1) is 0 Å². The summed E-state index contributed by atoms with van der Waals surface area (Å²) >= 11 is 0. The van der Waals surface area contributed by atoms with Crippen LogP contribution in [0.25, 0.3) is 0 Å². The number of carbonyl (C=O) groups excluding carboxylic acids is 1. The standard InChI is InChI=1S/C7H10O3/c8-5-3-1-2-4(5)7(10)6(3)9/h3-4,6-7,9-10H,1-2H2/t3-,4?,6?,7+/m0/s1. The van der Waals surface area contributed by atoms with Crippen LogP contribution in [0.2, 0.25) is 0 Å². The first-order chi connectivity index (χ1) is 4.72. The molecule has 2 aliphatic rings. The molecule has 0 aromatic heterocycles. The average Bonchev–Trinajstić information content (AvgIpc) is 2.34. The highest BCUT2D eigenvalue weighted by Gasteiger charge is 2.52. The average molecular weight is 142 g/mol. The van der Waals surface area contributed by atoms with Gasteiger partial charge in [0.1, 0.15) is 5.78 Å². The van der Waals surface area contributed by atoms with E-state index < -0.39 is 12.2 Å². The molecule has 0 aromatic carbocycles. The molecule has 2 rings (SSSR count). The van der Waals surface area contributed by atoms with Crippen molar-refractivity contribution in [2.24, 2.45) is 11.8 Å². The van der Waals surface area contributed by atoms with Crippen LogP contribution in [0.3, 0.4) is 0 Å². The molecule has 0 radical (unpaired) electrons. The van der Waals surface area contributed by atoms with Crippen molar-refractivity contribution in [3.8, 4) is 0 Å². The zero-order valence-corrected chi connectivity index (χ0v) is 5.53. The Morgan fingerprint density at radius 1 is 1.10 bits per heavy atom. The van der Waals surface area contributed by atoms with E-state index in [1.807, 2.05) is 0 Å². The second-order valence-electron chi connectivity index (χ2n) is 3.17. The summed E-state index contributed by atoms with van der Waals surface area (Å²) in [5.41, 5.74) is 0. The van der Waals surface area contributed by atoms with Gasteiger partial charge < -0.3 is 10.2 Å². The summed E-state index contributed by atoms with van der Waals surface area (Å²) in [5, 5.41) is 18.4. The summed E-state index contributed by atoms with van der Waals surface area (Å²) in [5.74, 6) is -0.431. The van der Waals surface area contributed by atoms with E-state index in [0.29, 0.717) is 0 Å². The van der Waals surface area contributed by atoms with Gasteiger partial charge in [-0.1, -0.05) is 0 Å². The fourth-order valence-electron chi connectivity index (χ4n) is 2.07. The number of ketones is 1. The summed E-state index contributed by atoms with van der Waals surface area (Å²) < 4.78 is 0. The van der Waals surface area contributed by atoms with Gasteiger partial charge >= 0.3 is 0 Å². The minimum absolute atomic E-state index is 0.0694. The van der Waals surface area contributed by atoms with Crippen LogP contribution in [-0.4, -0.2) is 28.2 Å². The van der Waals surface area contributed by atoms with Crippen LogP contribution in [0, 0.1) is 11.8 Å². The maximum Gasteiger partial charge on any atom is 0.144 e. The Kier molecular flexibility index (Phi) is 1.13. The van der Waals surface area contributed by atoms with E-state index in [1.165, 1.54) is 0 Å². The van der Waals surface area contributed by atoms with Gasteiger partial charge in [0.2, 0.25) is 0 Å². The first-order valence-corrected chi connectivity index (χ1v) is 3.61. The third-order valence-electron chi connectivity index (χ3n) is 2.69. The number of aliphatic hydroxyl groups is 2. The SMILES string of the molecule is O=C1C2CC[C@@H]1C(O)[C@@H]2O. The molecule has 0 saturated heterocycles. The molecule has 2 fully saturated rings. The number of hydrogen-bond acceptors (Lipinski definition) is 3. The highest BCUT2D eigenvalue weighted by Crippen LogP contribution is 2.41. The molecule has 0 heterocycles. The van der Waals surface area contributed by atoms with Crippen LogP contribution < -0.4 is 0 Å². The van der Waals surface area contributed by atoms with Gasteiger partial charge in [-0.2, -0.15) is 0 Å². The highest BCUT2D eigenvalue weighted by atomic mass is 16.3. The Balaban J connectivity index is 2.29. The number of hydrogen-bond donors (Lipinski definition) is 2. The predicted octanol–water partition coefficient (Wildman–Crippen LogP) is -0.683. The van der Waals surface area contributed by atoms with E-state index in [4.69, 9.17) is 0 Å². The highest BCUT2D eigenvalue weighted by molar-refractivity contribution is 5.89. The minimum Gasteiger partial charge on any atom is -0.390 e. The van der Waals surface area contributed by atoms with Gasteiger partial charge in [-0.05, 0) is 12.8 Å². The van der Waals surface area contributed by atoms with Gasteiger partial charge in [0.15, 0.2) is 0 Å². The molecule has 0 spiro atoms. The van der Waals surface area contributed by atoms with E-state index in [2.05, 4.69) is 0 Å². The second kappa shape index (κ2) is 1.80. The Bertz CT molecular complexity index is 160. The number of fused-ring (bicyclic) bond motifs is 2. The smallest absolute Gasteiger partial charge is 0.144 e. The number of aliphatic hydroxyl groups excluding tert-OH is 2. The molecule has 2 aliphatic carbocycles. The fourth-order valence-corrected chi connectivity index (χ4v) is 2.07. The fraction of sp³-hybridized carbons (Fsp3) is 0.857. The normalized spacial score (nSPS) is 52.4. The number of carbonyl (C=O) groups is 1. The van der Waals surface area contributed by atoms with Crippen LogP contribution in [-0.2, 0) is 4.79 Å². The molecule has 4 atom stereocenters. The van der Waals surface area contributed by atoms with Gasteiger partial charge in [-0.3, -0.25) is 4.79 Å². The maximum atomic E-state index is 11.1. The zero-order valence-electron chi connectivity index (χ0n) is 5.53. The van der Waals surface area contributed by atoms with Gasteiger partial charge in [-0.25, -0.2) is 0 Å². The van der Waals surface area contributed by atoms with Crippen molar-refractivity contribution in [3.05, 3.63) is 0 Å². The quantitative estimate of drug-likeness (QED) is 0.471. The van der Waals surface area contributed by atoms with E-state index in [1.54, 1.807) is 0 Å². The molecule has 0 amide bonds. The zero-order chi connectivity index (χ0) is 7.30. The van der Waals surface area contributed by atoms with Crippen LogP contribution >= 0.6 is 0 Å². The van der Waals surface area contributed by atoms with E-state index in [-0.39, 0.29) is 17.6 Å². The summed E-state index contributed by atoms with van der Waals surface area (Å²) in [6.07, 6.45) is -0.0128. The number of Topliss-reactive ketones (excluding diaryl/α,β-unsaturated/α-hetero) is 1. The largest absolute Gasteiger partial charge is 0.390 e. The molecule has 3 nitrogen and oxygen atoms in total. The Morgan fingerprint density at radius 2 is 1.50 bits per heavy atom. The third-order valence-corrected chi connectivity index (χ3v) is 2.69. The van der Waals surface area contributed by atoms with Gasteiger partial charge in [0.05, 0.1) is 12.2 Å². The summed E-state index contributed by atoms with van der Waals surface area (Å²) in [6.45, 7) is 0. The van der Waals surface area contributed by atoms with Crippen molar-refractivity contribution in [2.45, 2.75) is 25.0 Å². The van der Waals surface area contributed by atoms with Crippen molar-refractivity contribution in [3.63, 3.8) is 0 Å². The minimum atomic E-state index is -0.772. The van der Waals surface area contributed by atoms with Gasteiger partial charge in [0, 0.05) is 11.8 Å². The summed E-state index contributed by atoms with van der Waals surface area (Å²) in [4.78, 5) is 11.1. The summed E-state index contributed by atoms with van der Waals surface area (Å²) in [6, 6.07) is 0. The van der Waals surface area contributed by atoms with E-state index in [9.17, 15) is 15.0 Å². The first kappa shape index (κ1) is 6.31. The molecule has 10 heavy (non-hydrogen) atoms. The summed E-state index contributed by atoms with van der Waals surface area (Å²) in [7, 11) is 0. The number of rotatable bonds is 0. The van der Waals surface area contributed by atoms with E-state index in [0.717, 1.165) is 12.8 Å². The lowest BCUT2D eigenvalue weighted by Crippen LogP contribution is -2.31. The second-order valence-corrected chi connectivity index (χ2v) is 3.17. The van der Waals surface area contributed by atoms with Crippen molar-refractivity contribution in [1.82, 2.24) is 0 Å².